The average molecular weight is 1100 g/mol. The van der Waals surface area contributed by atoms with E-state index in [0.717, 1.165) is 43.9 Å². The lowest BCUT2D eigenvalue weighted by Gasteiger charge is -2.33. The number of benzene rings is 2. The number of carboxylic acids is 3. The Kier molecular flexibility index (Phi) is 24.0. The number of rotatable bonds is 29. The van der Waals surface area contributed by atoms with Gasteiger partial charge in [0.05, 0.1) is 25.0 Å². The van der Waals surface area contributed by atoms with Gasteiger partial charge in [0.15, 0.2) is 22.2 Å². The fourth-order valence-corrected chi connectivity index (χ4v) is 9.06. The number of nitrogens with one attached hydrogen (secondary N) is 6. The molecule has 1 saturated heterocycles. The first-order valence-corrected chi connectivity index (χ1v) is 26.2. The zero-order valence-electron chi connectivity index (χ0n) is 43.9. The third-order valence-corrected chi connectivity index (χ3v) is 13.3. The number of carbonyl (C=O) groups is 6. The van der Waals surface area contributed by atoms with Gasteiger partial charge < -0.3 is 64.0 Å². The lowest BCUT2D eigenvalue weighted by atomic mass is 9.93. The van der Waals surface area contributed by atoms with E-state index in [9.17, 15) is 48.9 Å². The van der Waals surface area contributed by atoms with Crippen LogP contribution in [0.3, 0.4) is 0 Å². The van der Waals surface area contributed by atoms with Crippen LogP contribution in [0.5, 0.6) is 0 Å². The van der Waals surface area contributed by atoms with Gasteiger partial charge in [0.1, 0.15) is 17.9 Å². The monoisotopic (exact) mass is 1100 g/mol. The number of guanidine groups is 1. The maximum absolute atomic E-state index is 13.6. The Morgan fingerprint density at radius 1 is 0.872 bits per heavy atom. The summed E-state index contributed by atoms with van der Waals surface area (Å²) >= 11 is 5.52. The number of aliphatic carboxylic acids is 3. The number of carboxylic acid groups (broad SMARTS) is 3. The van der Waals surface area contributed by atoms with E-state index >= 15 is 0 Å². The number of nitrogen functional groups attached to an aromatic ring is 1. The van der Waals surface area contributed by atoms with Crippen LogP contribution in [0.25, 0.3) is 11.2 Å². The van der Waals surface area contributed by atoms with Gasteiger partial charge in [0.25, 0.3) is 11.5 Å². The van der Waals surface area contributed by atoms with E-state index in [-0.39, 0.29) is 92.8 Å². The number of nitrogens with zero attached hydrogens (tertiary/aromatic N) is 7. The molecule has 0 spiro atoms. The molecular formula is C51H72N16O10S. The van der Waals surface area contributed by atoms with E-state index in [4.69, 9.17) is 29.4 Å². The summed E-state index contributed by atoms with van der Waals surface area (Å²) in [6.07, 6.45) is 2.75. The smallest absolute Gasteiger partial charge is 0.326 e. The molecule has 4 atom stereocenters. The molecular weight excluding hydrogens is 1030 g/mol. The van der Waals surface area contributed by atoms with E-state index in [1.54, 1.807) is 12.1 Å². The number of thiocarbonyl (C=S) groups is 1. The molecule has 3 heterocycles. The van der Waals surface area contributed by atoms with Gasteiger partial charge >= 0.3 is 17.9 Å². The predicted molar refractivity (Wildman–Crippen MR) is 298 cm³/mol. The Balaban J connectivity index is 1.05. The van der Waals surface area contributed by atoms with Gasteiger partial charge in [-0.15, -0.1) is 0 Å². The minimum Gasteiger partial charge on any atom is -0.480 e. The molecule has 1 aliphatic heterocycles. The Morgan fingerprint density at radius 3 is 2.24 bits per heavy atom. The average Bonchev–Trinajstić information content (AvgIpc) is 3.51. The Morgan fingerprint density at radius 2 is 1.56 bits per heavy atom. The van der Waals surface area contributed by atoms with Crippen LogP contribution < -0.4 is 49.3 Å². The van der Waals surface area contributed by atoms with Gasteiger partial charge in [0.2, 0.25) is 11.9 Å². The second-order valence-corrected chi connectivity index (χ2v) is 19.5. The van der Waals surface area contributed by atoms with Crippen molar-refractivity contribution in [1.29, 1.82) is 0 Å². The summed E-state index contributed by atoms with van der Waals surface area (Å²) in [5, 5.41) is 44.2. The van der Waals surface area contributed by atoms with Gasteiger partial charge in [-0.05, 0) is 113 Å². The molecule has 0 bridgehead atoms. The van der Waals surface area contributed by atoms with Crippen LogP contribution in [0.1, 0.15) is 79.9 Å². The van der Waals surface area contributed by atoms with Crippen molar-refractivity contribution in [1.82, 2.24) is 50.6 Å². The molecule has 1 unspecified atom stereocenters. The molecule has 15 N–H and O–H groups in total. The number of carbonyl (C=O) groups excluding carboxylic acids is 3. The number of anilines is 3. The molecule has 5 rings (SSSR count). The molecule has 0 radical (unpaired) electrons. The van der Waals surface area contributed by atoms with E-state index in [1.807, 2.05) is 17.0 Å². The van der Waals surface area contributed by atoms with Crippen molar-refractivity contribution in [3.05, 3.63) is 81.9 Å². The first-order valence-electron chi connectivity index (χ1n) is 25.8. The molecule has 26 nitrogen and oxygen atoms in total. The quantitative estimate of drug-likeness (QED) is 0.0155. The van der Waals surface area contributed by atoms with Crippen molar-refractivity contribution in [3.8, 4) is 0 Å². The number of likely N-dealkylation sites (N-methyl/N-ethyl adjacent to an activating group) is 2. The number of H-pyrrole nitrogens is 1. The number of hydrogen-bond donors (Lipinski definition) is 12. The zero-order chi connectivity index (χ0) is 56.7. The van der Waals surface area contributed by atoms with Crippen molar-refractivity contribution in [2.75, 3.05) is 82.3 Å². The minimum atomic E-state index is -1.45. The van der Waals surface area contributed by atoms with Crippen molar-refractivity contribution in [3.63, 3.8) is 0 Å². The topological polar surface area (TPSA) is 395 Å². The number of aliphatic imine (C=N–C) groups is 1. The Bertz CT molecular complexity index is 2780. The normalized spacial score (nSPS) is 15.5. The Hall–Kier alpha value is -7.88. The lowest BCUT2D eigenvalue weighted by molar-refractivity contribution is -0.143. The van der Waals surface area contributed by atoms with Crippen LogP contribution in [0, 0.1) is 5.92 Å². The van der Waals surface area contributed by atoms with Crippen LogP contribution in [0.4, 0.5) is 17.3 Å². The maximum atomic E-state index is 13.6. The number of ketones is 1. The second kappa shape index (κ2) is 30.8. The number of hydrogen-bond acceptors (Lipinski definition) is 17. The van der Waals surface area contributed by atoms with Crippen molar-refractivity contribution >= 4 is 87.3 Å². The highest BCUT2D eigenvalue weighted by Gasteiger charge is 2.29. The van der Waals surface area contributed by atoms with E-state index < -0.39 is 59.1 Å². The van der Waals surface area contributed by atoms with Crippen molar-refractivity contribution in [2.24, 2.45) is 22.4 Å². The predicted octanol–water partition coefficient (Wildman–Crippen LogP) is 0.791. The maximum Gasteiger partial charge on any atom is 0.326 e. The Labute approximate surface area is 456 Å². The molecule has 0 aliphatic carbocycles. The van der Waals surface area contributed by atoms with Gasteiger partial charge in [-0.25, -0.2) is 19.6 Å². The van der Waals surface area contributed by atoms with Gasteiger partial charge in [-0.2, -0.15) is 4.98 Å². The van der Waals surface area contributed by atoms with Crippen LogP contribution in [0.2, 0.25) is 0 Å². The molecule has 1 fully saturated rings. The highest BCUT2D eigenvalue weighted by atomic mass is 32.1. The fourth-order valence-electron chi connectivity index (χ4n) is 8.84. The number of Topliss-reactive ketones (excluding diaryl/α,β-unsaturated/α-hetero) is 1. The SMILES string of the molecule is CCN1CCN(CC(=O)O)CCN(C)CC1Cc1ccc(NC(=S)NCCCC[C@H](NC(=O)[C@H](CCCN=C(N)N)CC(=O)CC[C@H](NC(=O)c2ccc(NCc3cnc4nc(N)[nH]c(=O)c4n3)cc2)C(=O)O)C(=O)O)cc1. The molecule has 1 aliphatic rings. The number of aromatic amines is 1. The highest BCUT2D eigenvalue weighted by Crippen LogP contribution is 2.19. The van der Waals surface area contributed by atoms with Crippen molar-refractivity contribution in [2.45, 2.75) is 89.4 Å². The molecule has 78 heavy (non-hydrogen) atoms. The van der Waals surface area contributed by atoms with E-state index in [2.05, 4.69) is 87.4 Å². The van der Waals surface area contributed by atoms with Crippen molar-refractivity contribution < 1.29 is 44.1 Å². The van der Waals surface area contributed by atoms with Crippen LogP contribution in [0.15, 0.2) is 64.5 Å². The summed E-state index contributed by atoms with van der Waals surface area (Å²) in [6, 6.07) is 11.7. The molecule has 27 heteroatoms. The third kappa shape index (κ3) is 20.6. The highest BCUT2D eigenvalue weighted by molar-refractivity contribution is 7.80. The zero-order valence-corrected chi connectivity index (χ0v) is 44.7. The molecule has 2 aromatic carbocycles. The molecule has 2 amide bonds. The van der Waals surface area contributed by atoms with Crippen LogP contribution >= 0.6 is 12.2 Å². The largest absolute Gasteiger partial charge is 0.480 e. The minimum absolute atomic E-state index is 0.0175. The number of fused-ring (bicyclic) bond motifs is 1. The third-order valence-electron chi connectivity index (χ3n) is 13.1. The first kappa shape index (κ1) is 61.0. The summed E-state index contributed by atoms with van der Waals surface area (Å²) < 4.78 is 0. The number of amides is 2. The lowest BCUT2D eigenvalue weighted by Crippen LogP contribution is -2.45. The molecule has 0 saturated carbocycles. The van der Waals surface area contributed by atoms with Crippen LogP contribution in [-0.2, 0) is 36.9 Å². The molecule has 4 aromatic rings. The molecule has 422 valence electrons. The van der Waals surface area contributed by atoms with Gasteiger partial charge in [-0.1, -0.05) is 19.1 Å². The summed E-state index contributed by atoms with van der Waals surface area (Å²) in [4.78, 5) is 114. The number of aromatic nitrogens is 4. The molecule has 2 aromatic heterocycles. The summed E-state index contributed by atoms with van der Waals surface area (Å²) in [7, 11) is 2.07. The van der Waals surface area contributed by atoms with E-state index in [0.29, 0.717) is 49.0 Å². The van der Waals surface area contributed by atoms with Gasteiger partial charge in [-0.3, -0.25) is 43.7 Å². The number of unbranched alkanes of at least 4 members (excludes halogenated alkanes) is 1. The standard InChI is InChI=1S/C51H72N16O10S/c1-3-67-24-23-66(30-41(69)70)22-21-65(2)29-37(67)25-31-9-13-35(14-10-31)60-51(78)56-19-5-4-8-39(47(74)75)61-45(72)33(7-6-20-55-49(52)53)26-38(68)17-18-40(48(76)77)62-44(71)32-11-15-34(16-12-32)57-27-36-28-58-43-42(59-36)46(73)64-50(54)63-43/h9-16,28,33,37,39-40,57H,3-8,17-27,29-30H2,1-2H3,(H,61,72)(H,62,71)(H,69,70)(H,74,75)(H,76,77)(H4,52,53,55)(H2,56,60,78)(H3,54,58,63,64,73)/t33-,37?,39+,40+/m1/s1. The summed E-state index contributed by atoms with van der Waals surface area (Å²) in [5.41, 5.74) is 19.1. The van der Waals surface area contributed by atoms with Crippen LogP contribution in [-0.4, -0.2) is 181 Å². The summed E-state index contributed by atoms with van der Waals surface area (Å²) in [6.45, 7) is 7.53. The van der Waals surface area contributed by atoms with Gasteiger partial charge in [0, 0.05) is 87.6 Å². The van der Waals surface area contributed by atoms with E-state index in [1.165, 1.54) is 18.3 Å². The second-order valence-electron chi connectivity index (χ2n) is 19.1. The number of nitrogens with two attached hydrogens (primary N) is 3. The first-order chi connectivity index (χ1) is 37.3. The fraction of sp³-hybridized carbons (Fsp3) is 0.490. The summed E-state index contributed by atoms with van der Waals surface area (Å²) in [5.74, 6) is -6.54.